The van der Waals surface area contributed by atoms with Gasteiger partial charge < -0.3 is 24.2 Å². The van der Waals surface area contributed by atoms with E-state index in [1.54, 1.807) is 0 Å². The van der Waals surface area contributed by atoms with Crippen LogP contribution < -0.4 is 5.32 Å². The van der Waals surface area contributed by atoms with Gasteiger partial charge in [-0.2, -0.15) is 0 Å². The predicted molar refractivity (Wildman–Crippen MR) is 86.6 cm³/mol. The minimum Gasteiger partial charge on any atom is -0.387 e. The number of ether oxygens (including phenoxy) is 1. The molecule has 1 amide bonds. The summed E-state index contributed by atoms with van der Waals surface area (Å²) in [5, 5.41) is 13.3. The maximum absolute atomic E-state index is 11.4. The summed E-state index contributed by atoms with van der Waals surface area (Å²) in [6.07, 6.45) is -1.63. The summed E-state index contributed by atoms with van der Waals surface area (Å²) in [7, 11) is 4.22. The summed E-state index contributed by atoms with van der Waals surface area (Å²) in [5.74, 6) is -0.202. The van der Waals surface area contributed by atoms with Crippen LogP contribution in [0.15, 0.2) is 12.2 Å². The summed E-state index contributed by atoms with van der Waals surface area (Å²) < 4.78 is 16.1. The quantitative estimate of drug-likeness (QED) is 0.558. The first kappa shape index (κ1) is 19.0. The summed E-state index contributed by atoms with van der Waals surface area (Å²) in [5.41, 5.74) is 0.352. The number of amides is 1. The number of rotatable bonds is 6. The molecule has 21 heavy (non-hydrogen) atoms. The van der Waals surface area contributed by atoms with Gasteiger partial charge in [-0.05, 0) is 25.8 Å². The Morgan fingerprint density at radius 1 is 1.62 bits per heavy atom. The van der Waals surface area contributed by atoms with Crippen molar-refractivity contribution in [3.05, 3.63) is 12.2 Å². The second-order valence-corrected chi connectivity index (χ2v) is 6.46. The Hall–Kier alpha value is -0.0900. The molecule has 8 heteroatoms. The lowest BCUT2D eigenvalue weighted by molar-refractivity contribution is -0.167. The minimum atomic E-state index is -0.976. The largest absolute Gasteiger partial charge is 0.387 e. The lowest BCUT2D eigenvalue weighted by atomic mass is 9.84. The van der Waals surface area contributed by atoms with Crippen molar-refractivity contribution in [1.82, 2.24) is 5.32 Å². The topological polar surface area (TPSA) is 77.0 Å². The fourth-order valence-corrected chi connectivity index (χ4v) is 2.99. The van der Waals surface area contributed by atoms with Crippen LogP contribution in [0.5, 0.6) is 0 Å². The highest BCUT2D eigenvalue weighted by Gasteiger charge is 2.44. The third-order valence-corrected chi connectivity index (χ3v) is 3.93. The highest BCUT2D eigenvalue weighted by Crippen LogP contribution is 2.34. The Labute approximate surface area is 130 Å². The molecule has 1 aliphatic heterocycles. The van der Waals surface area contributed by atoms with Crippen molar-refractivity contribution in [3.8, 4) is 0 Å². The number of hydrogen-bond acceptors (Lipinski definition) is 5. The molecule has 0 aromatic heterocycles. The summed E-state index contributed by atoms with van der Waals surface area (Å²) in [6, 6.07) is -0.460. The fraction of sp³-hybridized carbons (Fsp3) is 0.769. The molecule has 6 nitrogen and oxygen atoms in total. The lowest BCUT2D eigenvalue weighted by Crippen LogP contribution is -2.59. The predicted octanol–water partition coefficient (Wildman–Crippen LogP) is 0.958. The maximum atomic E-state index is 11.4. The highest BCUT2D eigenvalue weighted by atomic mass is 31.0. The van der Waals surface area contributed by atoms with Gasteiger partial charge in [-0.3, -0.25) is 4.79 Å². The van der Waals surface area contributed by atoms with E-state index in [2.05, 4.69) is 30.8 Å². The van der Waals surface area contributed by atoms with Gasteiger partial charge in [0.15, 0.2) is 0 Å². The first-order valence-corrected chi connectivity index (χ1v) is 7.64. The van der Waals surface area contributed by atoms with E-state index in [1.165, 1.54) is 6.92 Å². The van der Waals surface area contributed by atoms with E-state index in [-0.39, 0.29) is 12.5 Å². The Morgan fingerprint density at radius 3 is 2.71 bits per heavy atom. The second kappa shape index (κ2) is 7.96. The van der Waals surface area contributed by atoms with Crippen LogP contribution in [-0.4, -0.2) is 47.6 Å². The monoisotopic (exact) mass is 337 g/mol. The smallest absolute Gasteiger partial charge is 0.217 e. The Bertz CT molecular complexity index is 391. The minimum absolute atomic E-state index is 0.175. The van der Waals surface area contributed by atoms with E-state index in [0.717, 1.165) is 5.57 Å². The number of hydrogen-bond donors (Lipinski definition) is 2. The summed E-state index contributed by atoms with van der Waals surface area (Å²) in [6.45, 7) is 9.46. The number of aliphatic hydroxyl groups excluding tert-OH is 1. The first-order chi connectivity index (χ1) is 9.71. The van der Waals surface area contributed by atoms with E-state index in [1.807, 2.05) is 13.8 Å². The number of carbonyl (C=O) groups excluding carboxylic acids is 1. The number of nitrogens with one attached hydrogen (secondary N) is 1. The molecule has 6 unspecified atom stereocenters. The fourth-order valence-electron chi connectivity index (χ4n) is 2.56. The highest BCUT2D eigenvalue weighted by molar-refractivity contribution is 7.10. The molecule has 0 spiro atoms. The summed E-state index contributed by atoms with van der Waals surface area (Å²) in [4.78, 5) is 11.4. The Balaban J connectivity index is 2.98. The average molecular weight is 337 g/mol. The molecule has 0 aromatic carbocycles. The van der Waals surface area contributed by atoms with Crippen LogP contribution in [0.25, 0.3) is 0 Å². The zero-order valence-corrected chi connectivity index (χ0v) is 15.0. The van der Waals surface area contributed by atoms with Crippen LogP contribution in [0.3, 0.4) is 0 Å². The molecule has 0 aromatic rings. The average Bonchev–Trinajstić information content (AvgIpc) is 2.37. The lowest BCUT2D eigenvalue weighted by Gasteiger charge is -2.45. The van der Waals surface area contributed by atoms with E-state index >= 15 is 0 Å². The third-order valence-electron chi connectivity index (χ3n) is 3.39. The SMILES string of the molecule is C=C1CC(C)(C)OC(C(O)C(COP)OP)C1NC(C)=O. The van der Waals surface area contributed by atoms with Gasteiger partial charge in [0.2, 0.25) is 5.91 Å². The second-order valence-electron chi connectivity index (χ2n) is 5.85. The van der Waals surface area contributed by atoms with Gasteiger partial charge in [0.05, 0.1) is 18.2 Å². The van der Waals surface area contributed by atoms with E-state index in [9.17, 15) is 9.90 Å². The zero-order valence-electron chi connectivity index (χ0n) is 12.7. The van der Waals surface area contributed by atoms with E-state index in [4.69, 9.17) is 13.8 Å². The van der Waals surface area contributed by atoms with Gasteiger partial charge in [0.25, 0.3) is 0 Å². The van der Waals surface area contributed by atoms with Gasteiger partial charge in [0, 0.05) is 25.9 Å². The zero-order chi connectivity index (χ0) is 16.2. The molecule has 2 N–H and O–H groups in total. The standard InChI is InChI=1S/C13H25NO5P2/c1-7-5-13(3,4)18-12(10(7)14-8(2)15)11(16)9(19-21)6-17-20/h9-12,16H,1,5-6,20-21H2,2-4H3,(H,14,15). The normalized spacial score (nSPS) is 28.0. The molecule has 1 heterocycles. The van der Waals surface area contributed by atoms with Crippen molar-refractivity contribution < 1.29 is 23.7 Å². The van der Waals surface area contributed by atoms with Crippen molar-refractivity contribution in [1.29, 1.82) is 0 Å². The molecule has 0 saturated carbocycles. The molecule has 0 bridgehead atoms. The molecule has 122 valence electrons. The Kier molecular flexibility index (Phi) is 7.18. The van der Waals surface area contributed by atoms with Crippen LogP contribution in [0, 0.1) is 0 Å². The van der Waals surface area contributed by atoms with Gasteiger partial charge >= 0.3 is 0 Å². The van der Waals surface area contributed by atoms with Crippen LogP contribution in [0.4, 0.5) is 0 Å². The van der Waals surface area contributed by atoms with E-state index < -0.39 is 30.0 Å². The van der Waals surface area contributed by atoms with Crippen LogP contribution in [0.2, 0.25) is 0 Å². The number of aliphatic hydroxyl groups is 1. The molecule has 1 saturated heterocycles. The van der Waals surface area contributed by atoms with Crippen LogP contribution >= 0.6 is 18.9 Å². The molecule has 6 atom stereocenters. The molecular weight excluding hydrogens is 312 g/mol. The molecule has 1 fully saturated rings. The molecule has 0 radical (unpaired) electrons. The molecule has 0 aliphatic carbocycles. The van der Waals surface area contributed by atoms with Crippen LogP contribution in [0.1, 0.15) is 27.2 Å². The van der Waals surface area contributed by atoms with Crippen molar-refractivity contribution in [3.63, 3.8) is 0 Å². The van der Waals surface area contributed by atoms with E-state index in [0.29, 0.717) is 6.42 Å². The van der Waals surface area contributed by atoms with Crippen LogP contribution in [-0.2, 0) is 18.6 Å². The molecule has 1 aliphatic rings. The van der Waals surface area contributed by atoms with Crippen molar-refractivity contribution in [2.75, 3.05) is 6.61 Å². The van der Waals surface area contributed by atoms with Crippen molar-refractivity contribution in [2.45, 2.75) is 57.1 Å². The first-order valence-electron chi connectivity index (χ1n) is 6.69. The summed E-state index contributed by atoms with van der Waals surface area (Å²) >= 11 is 0. The molecular formula is C13H25NO5P2. The van der Waals surface area contributed by atoms with Gasteiger partial charge in [-0.25, -0.2) is 0 Å². The number of carbonyl (C=O) groups is 1. The maximum Gasteiger partial charge on any atom is 0.217 e. The molecule has 1 rings (SSSR count). The van der Waals surface area contributed by atoms with Crippen molar-refractivity contribution >= 4 is 24.8 Å². The Morgan fingerprint density at radius 2 is 2.24 bits per heavy atom. The third kappa shape index (κ3) is 5.24. The van der Waals surface area contributed by atoms with Gasteiger partial charge in [-0.1, -0.05) is 6.58 Å². The van der Waals surface area contributed by atoms with Gasteiger partial charge in [-0.15, -0.1) is 0 Å². The van der Waals surface area contributed by atoms with Crippen molar-refractivity contribution in [2.24, 2.45) is 0 Å². The van der Waals surface area contributed by atoms with Gasteiger partial charge in [0.1, 0.15) is 18.3 Å².